The highest BCUT2D eigenvalue weighted by Crippen LogP contribution is 2.34. The Morgan fingerprint density at radius 2 is 2.05 bits per heavy atom. The lowest BCUT2D eigenvalue weighted by Crippen LogP contribution is -2.28. The molecule has 0 radical (unpaired) electrons. The van der Waals surface area contributed by atoms with E-state index in [1.807, 2.05) is 4.90 Å². The molecule has 2 fully saturated rings. The van der Waals surface area contributed by atoms with E-state index in [-0.39, 0.29) is 17.6 Å². The molecule has 1 aromatic rings. The molecular formula is C15H17NO3. The third kappa shape index (κ3) is 2.11. The maximum absolute atomic E-state index is 12.4. The van der Waals surface area contributed by atoms with Crippen LogP contribution in [0.4, 0.5) is 0 Å². The summed E-state index contributed by atoms with van der Waals surface area (Å²) in [4.78, 5) is 25.9. The fourth-order valence-corrected chi connectivity index (χ4v) is 3.11. The van der Waals surface area contributed by atoms with Crippen LogP contribution in [0.2, 0.25) is 0 Å². The molecule has 2 heterocycles. The number of ether oxygens (including phenoxy) is 1. The fourth-order valence-electron chi connectivity index (χ4n) is 3.11. The molecule has 19 heavy (non-hydrogen) atoms. The van der Waals surface area contributed by atoms with Crippen molar-refractivity contribution in [2.75, 3.05) is 13.7 Å². The largest absolute Gasteiger partial charge is 0.497 e. The van der Waals surface area contributed by atoms with Crippen molar-refractivity contribution in [2.24, 2.45) is 5.92 Å². The Morgan fingerprint density at radius 1 is 1.32 bits per heavy atom. The van der Waals surface area contributed by atoms with E-state index in [2.05, 4.69) is 0 Å². The first kappa shape index (κ1) is 12.2. The van der Waals surface area contributed by atoms with Crippen LogP contribution in [0, 0.1) is 5.92 Å². The van der Waals surface area contributed by atoms with E-state index in [9.17, 15) is 9.59 Å². The van der Waals surface area contributed by atoms with Crippen LogP contribution < -0.4 is 4.74 Å². The van der Waals surface area contributed by atoms with E-state index < -0.39 is 0 Å². The number of ketones is 1. The number of fused-ring (bicyclic) bond motifs is 1. The molecule has 1 amide bonds. The average Bonchev–Trinajstić information content (AvgIpc) is 3.01. The lowest BCUT2D eigenvalue weighted by Gasteiger charge is -2.14. The second-order valence-electron chi connectivity index (χ2n) is 5.26. The molecule has 4 heteroatoms. The van der Waals surface area contributed by atoms with Crippen LogP contribution in [0.3, 0.4) is 0 Å². The predicted molar refractivity (Wildman–Crippen MR) is 70.2 cm³/mol. The van der Waals surface area contributed by atoms with Gasteiger partial charge in [-0.25, -0.2) is 0 Å². The van der Waals surface area contributed by atoms with E-state index >= 15 is 0 Å². The highest BCUT2D eigenvalue weighted by Gasteiger charge is 2.42. The summed E-state index contributed by atoms with van der Waals surface area (Å²) in [5.74, 6) is 1.06. The predicted octanol–water partition coefficient (Wildman–Crippen LogP) is 1.89. The van der Waals surface area contributed by atoms with Gasteiger partial charge in [0.2, 0.25) is 5.91 Å². The molecule has 2 aliphatic rings. The zero-order valence-electron chi connectivity index (χ0n) is 11.0. The first-order valence-electron chi connectivity index (χ1n) is 6.67. The number of carbonyl (C=O) groups is 2. The van der Waals surface area contributed by atoms with Crippen LogP contribution in [-0.2, 0) is 4.79 Å². The van der Waals surface area contributed by atoms with Gasteiger partial charge in [0.25, 0.3) is 0 Å². The lowest BCUT2D eigenvalue weighted by molar-refractivity contribution is -0.127. The minimum atomic E-state index is -0.0392. The van der Waals surface area contributed by atoms with Crippen molar-refractivity contribution < 1.29 is 14.3 Å². The van der Waals surface area contributed by atoms with E-state index in [1.54, 1.807) is 31.4 Å². The van der Waals surface area contributed by atoms with Gasteiger partial charge in [0.1, 0.15) is 5.75 Å². The molecular weight excluding hydrogens is 242 g/mol. The first-order chi connectivity index (χ1) is 9.19. The van der Waals surface area contributed by atoms with Crippen molar-refractivity contribution in [1.29, 1.82) is 0 Å². The summed E-state index contributed by atoms with van der Waals surface area (Å²) in [5, 5.41) is 0. The summed E-state index contributed by atoms with van der Waals surface area (Å²) < 4.78 is 5.08. The first-order valence-corrected chi connectivity index (χ1v) is 6.67. The van der Waals surface area contributed by atoms with Crippen LogP contribution >= 0.6 is 0 Å². The summed E-state index contributed by atoms with van der Waals surface area (Å²) in [6.45, 7) is 0.592. The molecule has 2 unspecified atom stereocenters. The molecule has 0 aliphatic carbocycles. The molecule has 3 rings (SSSR count). The Bertz CT molecular complexity index is 509. The van der Waals surface area contributed by atoms with E-state index in [1.165, 1.54) is 0 Å². The van der Waals surface area contributed by atoms with Crippen LogP contribution in [0.25, 0.3) is 0 Å². The molecule has 2 atom stereocenters. The Morgan fingerprint density at radius 3 is 2.68 bits per heavy atom. The number of benzene rings is 1. The Hall–Kier alpha value is -1.84. The average molecular weight is 259 g/mol. The minimum Gasteiger partial charge on any atom is -0.497 e. The highest BCUT2D eigenvalue weighted by atomic mass is 16.5. The quantitative estimate of drug-likeness (QED) is 0.779. The van der Waals surface area contributed by atoms with Gasteiger partial charge in [-0.3, -0.25) is 9.59 Å². The zero-order valence-corrected chi connectivity index (χ0v) is 11.0. The Kier molecular flexibility index (Phi) is 3.01. The summed E-state index contributed by atoms with van der Waals surface area (Å²) in [6.07, 6.45) is 2.37. The molecule has 0 bridgehead atoms. The molecule has 0 N–H and O–H groups in total. The summed E-state index contributed by atoms with van der Waals surface area (Å²) >= 11 is 0. The fraction of sp³-hybridized carbons (Fsp3) is 0.467. The highest BCUT2D eigenvalue weighted by molar-refractivity contribution is 5.99. The molecule has 1 aromatic carbocycles. The van der Waals surface area contributed by atoms with Crippen molar-refractivity contribution in [3.05, 3.63) is 29.8 Å². The zero-order chi connectivity index (χ0) is 13.4. The van der Waals surface area contributed by atoms with Gasteiger partial charge in [0.05, 0.1) is 7.11 Å². The summed E-state index contributed by atoms with van der Waals surface area (Å²) in [6, 6.07) is 7.49. The smallest absolute Gasteiger partial charge is 0.222 e. The van der Waals surface area contributed by atoms with Gasteiger partial charge in [0, 0.05) is 30.5 Å². The topological polar surface area (TPSA) is 46.6 Å². The lowest BCUT2D eigenvalue weighted by atomic mass is 9.94. The number of hydrogen-bond acceptors (Lipinski definition) is 3. The van der Waals surface area contributed by atoms with Gasteiger partial charge in [0.15, 0.2) is 5.78 Å². The minimum absolute atomic E-state index is 0.0392. The van der Waals surface area contributed by atoms with Gasteiger partial charge in [-0.05, 0) is 37.1 Å². The van der Waals surface area contributed by atoms with Crippen molar-refractivity contribution in [1.82, 2.24) is 4.90 Å². The molecule has 2 aliphatic heterocycles. The number of Topliss-reactive ketones (excluding diaryl/α,β-unsaturated/α-hetero) is 1. The van der Waals surface area contributed by atoms with Crippen molar-refractivity contribution in [3.63, 3.8) is 0 Å². The number of carbonyl (C=O) groups excluding carboxylic acids is 2. The Balaban J connectivity index is 1.72. The third-order valence-corrected chi connectivity index (χ3v) is 4.17. The van der Waals surface area contributed by atoms with E-state index in [4.69, 9.17) is 4.74 Å². The van der Waals surface area contributed by atoms with Gasteiger partial charge in [-0.1, -0.05) is 0 Å². The third-order valence-electron chi connectivity index (χ3n) is 4.17. The number of hydrogen-bond donors (Lipinski definition) is 0. The maximum Gasteiger partial charge on any atom is 0.222 e. The van der Waals surface area contributed by atoms with Gasteiger partial charge < -0.3 is 9.64 Å². The SMILES string of the molecule is COc1ccc(C(=O)C2CC3CCC(=O)N3C2)cc1. The molecule has 4 nitrogen and oxygen atoms in total. The van der Waals surface area contributed by atoms with Crippen molar-refractivity contribution >= 4 is 11.7 Å². The van der Waals surface area contributed by atoms with Crippen LogP contribution in [0.1, 0.15) is 29.6 Å². The van der Waals surface area contributed by atoms with E-state index in [0.717, 1.165) is 18.6 Å². The second-order valence-corrected chi connectivity index (χ2v) is 5.26. The standard InChI is InChI=1S/C15H17NO3/c1-19-13-5-2-10(3-6-13)15(18)11-8-12-4-7-14(17)16(12)9-11/h2-3,5-6,11-12H,4,7-9H2,1H3. The second kappa shape index (κ2) is 4.68. The maximum atomic E-state index is 12.4. The van der Waals surface area contributed by atoms with Gasteiger partial charge in [-0.2, -0.15) is 0 Å². The number of rotatable bonds is 3. The number of amides is 1. The molecule has 2 saturated heterocycles. The summed E-state index contributed by atoms with van der Waals surface area (Å²) in [7, 11) is 1.61. The normalized spacial score (nSPS) is 25.5. The van der Waals surface area contributed by atoms with Crippen LogP contribution in [-0.4, -0.2) is 36.3 Å². The molecule has 100 valence electrons. The number of nitrogens with zero attached hydrogens (tertiary/aromatic N) is 1. The van der Waals surface area contributed by atoms with Crippen molar-refractivity contribution in [3.8, 4) is 5.75 Å². The molecule has 0 saturated carbocycles. The molecule has 0 spiro atoms. The van der Waals surface area contributed by atoms with Gasteiger partial charge >= 0.3 is 0 Å². The van der Waals surface area contributed by atoms with Crippen molar-refractivity contribution in [2.45, 2.75) is 25.3 Å². The van der Waals surface area contributed by atoms with E-state index in [0.29, 0.717) is 24.6 Å². The summed E-state index contributed by atoms with van der Waals surface area (Å²) in [5.41, 5.74) is 0.708. The van der Waals surface area contributed by atoms with Gasteiger partial charge in [-0.15, -0.1) is 0 Å². The van der Waals surface area contributed by atoms with Crippen LogP contribution in [0.5, 0.6) is 5.75 Å². The van der Waals surface area contributed by atoms with Crippen LogP contribution in [0.15, 0.2) is 24.3 Å². The molecule has 0 aromatic heterocycles. The Labute approximate surface area is 112 Å². The number of methoxy groups -OCH3 is 1. The monoisotopic (exact) mass is 259 g/mol.